The lowest BCUT2D eigenvalue weighted by molar-refractivity contribution is -0.139. The van der Waals surface area contributed by atoms with Gasteiger partial charge in [0.05, 0.1) is 0 Å². The van der Waals surface area contributed by atoms with Gasteiger partial charge in [-0.25, -0.2) is 0 Å². The molecule has 17 heavy (non-hydrogen) atoms. The zero-order chi connectivity index (χ0) is 12.3. The second kappa shape index (κ2) is 3.49. The number of rotatable bonds is 1. The summed E-state index contributed by atoms with van der Waals surface area (Å²) in [5.74, 6) is 0.851. The van der Waals surface area contributed by atoms with Crippen molar-refractivity contribution in [1.82, 2.24) is 4.90 Å². The molecule has 0 spiro atoms. The van der Waals surface area contributed by atoms with Gasteiger partial charge in [0.25, 0.3) is 0 Å². The summed E-state index contributed by atoms with van der Waals surface area (Å²) < 4.78 is 0. The summed E-state index contributed by atoms with van der Waals surface area (Å²) in [7, 11) is 0. The summed E-state index contributed by atoms with van der Waals surface area (Å²) in [5, 5.41) is 0. The van der Waals surface area contributed by atoms with Gasteiger partial charge < -0.3 is 4.90 Å². The van der Waals surface area contributed by atoms with E-state index in [4.69, 9.17) is 0 Å². The molecule has 2 aliphatic carbocycles. The van der Waals surface area contributed by atoms with Crippen LogP contribution in [0.15, 0.2) is 0 Å². The first kappa shape index (κ1) is 11.6. The molecule has 2 heteroatoms. The smallest absolute Gasteiger partial charge is 0.225 e. The highest BCUT2D eigenvalue weighted by Gasteiger charge is 2.51. The number of amides is 1. The molecule has 0 aromatic carbocycles. The van der Waals surface area contributed by atoms with Crippen molar-refractivity contribution in [2.24, 2.45) is 16.7 Å². The molecule has 1 heterocycles. The monoisotopic (exact) mass is 235 g/mol. The Kier molecular flexibility index (Phi) is 2.37. The molecule has 2 bridgehead atoms. The molecule has 2 unspecified atom stereocenters. The minimum absolute atomic E-state index is 0.376. The molecule has 0 aromatic rings. The van der Waals surface area contributed by atoms with E-state index in [1.54, 1.807) is 0 Å². The van der Waals surface area contributed by atoms with Crippen LogP contribution in [-0.2, 0) is 4.79 Å². The second-order valence-corrected chi connectivity index (χ2v) is 7.81. The van der Waals surface area contributed by atoms with E-state index < -0.39 is 0 Å². The fraction of sp³-hybridized carbons (Fsp3) is 0.933. The average Bonchev–Trinajstić information content (AvgIpc) is 2.31. The quantitative estimate of drug-likeness (QED) is 0.683. The van der Waals surface area contributed by atoms with E-state index in [-0.39, 0.29) is 0 Å². The predicted molar refractivity (Wildman–Crippen MR) is 68.6 cm³/mol. The van der Waals surface area contributed by atoms with Gasteiger partial charge >= 0.3 is 0 Å². The Morgan fingerprint density at radius 1 is 1.18 bits per heavy atom. The third kappa shape index (κ3) is 1.90. The predicted octanol–water partition coefficient (Wildman–Crippen LogP) is 3.21. The largest absolute Gasteiger partial charge is 0.339 e. The molecule has 1 amide bonds. The SMILES string of the molecule is CC1(C)CC2CC(C)(CN2C(=O)C2CCC2)C1. The number of fused-ring (bicyclic) bond motifs is 2. The minimum atomic E-state index is 0.376. The fourth-order valence-electron chi connectivity index (χ4n) is 4.61. The van der Waals surface area contributed by atoms with Crippen LogP contribution in [-0.4, -0.2) is 23.4 Å². The summed E-state index contributed by atoms with van der Waals surface area (Å²) in [6, 6.07) is 0.539. The Morgan fingerprint density at radius 2 is 1.88 bits per heavy atom. The lowest BCUT2D eigenvalue weighted by Gasteiger charge is -2.40. The molecule has 2 nitrogen and oxygen atoms in total. The van der Waals surface area contributed by atoms with Gasteiger partial charge in [0.2, 0.25) is 5.91 Å². The summed E-state index contributed by atoms with van der Waals surface area (Å²) >= 11 is 0. The second-order valence-electron chi connectivity index (χ2n) is 7.81. The Balaban J connectivity index is 1.78. The van der Waals surface area contributed by atoms with E-state index >= 15 is 0 Å². The van der Waals surface area contributed by atoms with Gasteiger partial charge in [-0.3, -0.25) is 4.79 Å². The molecule has 96 valence electrons. The Labute approximate surface area is 105 Å². The number of carbonyl (C=O) groups excluding carboxylic acids is 1. The summed E-state index contributed by atoms with van der Waals surface area (Å²) in [4.78, 5) is 14.7. The first-order chi connectivity index (χ1) is 7.89. The molecule has 3 aliphatic rings. The Hall–Kier alpha value is -0.530. The number of hydrogen-bond acceptors (Lipinski definition) is 1. The zero-order valence-corrected chi connectivity index (χ0v) is 11.5. The third-order valence-corrected chi connectivity index (χ3v) is 5.15. The number of hydrogen-bond donors (Lipinski definition) is 0. The number of carbonyl (C=O) groups is 1. The van der Waals surface area contributed by atoms with Gasteiger partial charge in [-0.2, -0.15) is 0 Å². The van der Waals surface area contributed by atoms with Crippen molar-refractivity contribution in [1.29, 1.82) is 0 Å². The average molecular weight is 235 g/mol. The van der Waals surface area contributed by atoms with Crippen molar-refractivity contribution in [3.63, 3.8) is 0 Å². The molecular formula is C15H25NO. The summed E-state index contributed by atoms with van der Waals surface area (Å²) in [5.41, 5.74) is 0.818. The van der Waals surface area contributed by atoms with Crippen LogP contribution < -0.4 is 0 Å². The molecular weight excluding hydrogens is 210 g/mol. The molecule has 2 atom stereocenters. The zero-order valence-electron chi connectivity index (χ0n) is 11.5. The van der Waals surface area contributed by atoms with Gasteiger partial charge in [0, 0.05) is 18.5 Å². The van der Waals surface area contributed by atoms with Crippen LogP contribution in [0.4, 0.5) is 0 Å². The molecule has 2 saturated carbocycles. The van der Waals surface area contributed by atoms with E-state index in [2.05, 4.69) is 25.7 Å². The molecule has 3 fully saturated rings. The van der Waals surface area contributed by atoms with Gasteiger partial charge in [-0.15, -0.1) is 0 Å². The topological polar surface area (TPSA) is 20.3 Å². The van der Waals surface area contributed by atoms with Crippen LogP contribution in [0.25, 0.3) is 0 Å². The highest BCUT2D eigenvalue weighted by molar-refractivity contribution is 5.80. The maximum atomic E-state index is 12.4. The summed E-state index contributed by atoms with van der Waals surface area (Å²) in [6.45, 7) is 8.15. The maximum absolute atomic E-state index is 12.4. The first-order valence-electron chi connectivity index (χ1n) is 7.19. The van der Waals surface area contributed by atoms with Crippen molar-refractivity contribution < 1.29 is 4.79 Å². The van der Waals surface area contributed by atoms with Crippen LogP contribution in [0, 0.1) is 16.7 Å². The standard InChI is InChI=1S/C15H25NO/c1-14(2)7-12-8-15(3,9-14)10-16(12)13(17)11-5-4-6-11/h11-12H,4-10H2,1-3H3. The molecule has 3 rings (SSSR count). The third-order valence-electron chi connectivity index (χ3n) is 5.15. The van der Waals surface area contributed by atoms with Crippen LogP contribution in [0.2, 0.25) is 0 Å². The van der Waals surface area contributed by atoms with Crippen LogP contribution in [0.3, 0.4) is 0 Å². The van der Waals surface area contributed by atoms with Crippen molar-refractivity contribution >= 4 is 5.91 Å². The molecule has 1 saturated heterocycles. The fourth-order valence-corrected chi connectivity index (χ4v) is 4.61. The molecule has 0 radical (unpaired) electrons. The first-order valence-corrected chi connectivity index (χ1v) is 7.19. The van der Waals surface area contributed by atoms with E-state index in [0.29, 0.717) is 28.7 Å². The van der Waals surface area contributed by atoms with Gasteiger partial charge in [-0.1, -0.05) is 27.2 Å². The lowest BCUT2D eigenvalue weighted by atomic mass is 9.65. The van der Waals surface area contributed by atoms with Crippen molar-refractivity contribution in [3.05, 3.63) is 0 Å². The number of likely N-dealkylation sites (tertiary alicyclic amines) is 1. The Bertz CT molecular complexity index is 345. The van der Waals surface area contributed by atoms with Crippen molar-refractivity contribution in [2.75, 3.05) is 6.54 Å². The molecule has 0 aromatic heterocycles. The molecule has 1 aliphatic heterocycles. The maximum Gasteiger partial charge on any atom is 0.225 e. The normalized spacial score (nSPS) is 40.2. The Morgan fingerprint density at radius 3 is 2.47 bits per heavy atom. The molecule has 0 N–H and O–H groups in total. The highest BCUT2D eigenvalue weighted by atomic mass is 16.2. The van der Waals surface area contributed by atoms with E-state index in [0.717, 1.165) is 19.4 Å². The van der Waals surface area contributed by atoms with Crippen LogP contribution in [0.1, 0.15) is 59.3 Å². The van der Waals surface area contributed by atoms with E-state index in [1.807, 2.05) is 0 Å². The van der Waals surface area contributed by atoms with Crippen LogP contribution >= 0.6 is 0 Å². The van der Waals surface area contributed by atoms with Gasteiger partial charge in [0.15, 0.2) is 0 Å². The van der Waals surface area contributed by atoms with Crippen molar-refractivity contribution in [3.8, 4) is 0 Å². The summed E-state index contributed by atoms with van der Waals surface area (Å²) in [6.07, 6.45) is 7.28. The minimum Gasteiger partial charge on any atom is -0.339 e. The highest BCUT2D eigenvalue weighted by Crippen LogP contribution is 2.53. The van der Waals surface area contributed by atoms with Crippen LogP contribution in [0.5, 0.6) is 0 Å². The van der Waals surface area contributed by atoms with Crippen molar-refractivity contribution in [2.45, 2.75) is 65.3 Å². The van der Waals surface area contributed by atoms with Gasteiger partial charge in [-0.05, 0) is 42.9 Å². The van der Waals surface area contributed by atoms with Gasteiger partial charge in [0.1, 0.15) is 0 Å². The van der Waals surface area contributed by atoms with E-state index in [1.165, 1.54) is 25.7 Å². The lowest BCUT2D eigenvalue weighted by Crippen LogP contribution is -2.42. The number of nitrogens with zero attached hydrogens (tertiary/aromatic N) is 1. The van der Waals surface area contributed by atoms with E-state index in [9.17, 15) is 4.79 Å².